The van der Waals surface area contributed by atoms with Crippen molar-refractivity contribution in [2.75, 3.05) is 14.1 Å². The number of alkyl carbamates (subject to hydrolysis) is 1. The van der Waals surface area contributed by atoms with Crippen molar-refractivity contribution in [3.63, 3.8) is 0 Å². The molecule has 0 spiro atoms. The van der Waals surface area contributed by atoms with E-state index in [2.05, 4.69) is 10.3 Å². The van der Waals surface area contributed by atoms with Gasteiger partial charge in [-0.3, -0.25) is 0 Å². The van der Waals surface area contributed by atoms with Crippen molar-refractivity contribution in [3.8, 4) is 0 Å². The molecule has 0 rings (SSSR count). The van der Waals surface area contributed by atoms with Gasteiger partial charge in [-0.05, 0) is 41.5 Å². The molecule has 0 heterocycles. The standard InChI is InChI=1S/C13H25N3O2S/c1-9(16(7)8)14-10(19)13(5,6)15-11(17)18-12(2,3)4/h1-8H3,(H,15,17)/b14-9+. The molecule has 0 aliphatic rings. The monoisotopic (exact) mass is 287 g/mol. The summed E-state index contributed by atoms with van der Waals surface area (Å²) in [6, 6.07) is 0. The molecule has 0 aromatic heterocycles. The van der Waals surface area contributed by atoms with E-state index >= 15 is 0 Å². The molecule has 6 heteroatoms. The lowest BCUT2D eigenvalue weighted by Gasteiger charge is -2.28. The number of rotatable bonds is 2. The van der Waals surface area contributed by atoms with Gasteiger partial charge in [-0.1, -0.05) is 12.2 Å². The summed E-state index contributed by atoms with van der Waals surface area (Å²) in [5.41, 5.74) is -1.28. The number of nitrogens with one attached hydrogen (secondary N) is 1. The Kier molecular flexibility index (Phi) is 5.93. The Bertz CT molecular complexity index is 382. The quantitative estimate of drug-likeness (QED) is 0.482. The first kappa shape index (κ1) is 17.8. The van der Waals surface area contributed by atoms with Gasteiger partial charge in [-0.2, -0.15) is 0 Å². The molecule has 0 aromatic rings. The van der Waals surface area contributed by atoms with Gasteiger partial charge in [0.2, 0.25) is 0 Å². The SMILES string of the molecule is C/C(=N\C(=S)C(C)(C)NC(=O)OC(C)(C)C)N(C)C. The molecule has 0 aliphatic carbocycles. The summed E-state index contributed by atoms with van der Waals surface area (Å²) in [4.78, 5) is 18.3. The van der Waals surface area contributed by atoms with Crippen molar-refractivity contribution >= 4 is 29.1 Å². The lowest BCUT2D eigenvalue weighted by molar-refractivity contribution is 0.0497. The van der Waals surface area contributed by atoms with Gasteiger partial charge in [0.05, 0.1) is 5.54 Å². The average molecular weight is 287 g/mol. The highest BCUT2D eigenvalue weighted by Crippen LogP contribution is 2.12. The number of carbonyl (C=O) groups excluding carboxylic acids is 1. The summed E-state index contributed by atoms with van der Waals surface area (Å²) < 4.78 is 5.21. The molecule has 0 fully saturated rings. The zero-order valence-corrected chi connectivity index (χ0v) is 13.9. The Balaban J connectivity index is 4.76. The van der Waals surface area contributed by atoms with Crippen LogP contribution in [0.5, 0.6) is 0 Å². The third-order valence-electron chi connectivity index (χ3n) is 2.26. The minimum atomic E-state index is -0.741. The van der Waals surface area contributed by atoms with Crippen LogP contribution in [0, 0.1) is 0 Å². The lowest BCUT2D eigenvalue weighted by atomic mass is 10.1. The first-order valence-corrected chi connectivity index (χ1v) is 6.54. The van der Waals surface area contributed by atoms with Gasteiger partial charge in [0, 0.05) is 14.1 Å². The minimum Gasteiger partial charge on any atom is -0.444 e. The van der Waals surface area contributed by atoms with Crippen molar-refractivity contribution in [2.24, 2.45) is 4.99 Å². The fraction of sp³-hybridized carbons (Fsp3) is 0.769. The van der Waals surface area contributed by atoms with Gasteiger partial charge in [-0.25, -0.2) is 9.79 Å². The molecule has 19 heavy (non-hydrogen) atoms. The number of ether oxygens (including phenoxy) is 1. The van der Waals surface area contributed by atoms with Crippen LogP contribution >= 0.6 is 12.2 Å². The zero-order chi connectivity index (χ0) is 15.4. The van der Waals surface area contributed by atoms with Gasteiger partial charge in [-0.15, -0.1) is 0 Å². The van der Waals surface area contributed by atoms with Crippen molar-refractivity contribution in [1.29, 1.82) is 0 Å². The predicted octanol–water partition coefficient (Wildman–Crippen LogP) is 2.60. The number of hydrogen-bond donors (Lipinski definition) is 1. The maximum Gasteiger partial charge on any atom is 0.408 e. The van der Waals surface area contributed by atoms with Crippen LogP contribution in [0.2, 0.25) is 0 Å². The summed E-state index contributed by atoms with van der Waals surface area (Å²) in [5, 5.41) is 2.73. The first-order chi connectivity index (χ1) is 8.35. The summed E-state index contributed by atoms with van der Waals surface area (Å²) in [6.45, 7) is 10.9. The maximum atomic E-state index is 11.7. The fourth-order valence-electron chi connectivity index (χ4n) is 0.999. The van der Waals surface area contributed by atoms with Gasteiger partial charge >= 0.3 is 6.09 Å². The molecule has 0 saturated heterocycles. The van der Waals surface area contributed by atoms with Crippen LogP contribution in [0.25, 0.3) is 0 Å². The molecular formula is C13H25N3O2S. The van der Waals surface area contributed by atoms with E-state index in [-0.39, 0.29) is 0 Å². The second-order valence-corrected chi connectivity index (χ2v) is 6.50. The molecule has 0 aromatic carbocycles. The Morgan fingerprint density at radius 1 is 1.21 bits per heavy atom. The number of carbonyl (C=O) groups is 1. The van der Waals surface area contributed by atoms with Gasteiger partial charge in [0.25, 0.3) is 0 Å². The van der Waals surface area contributed by atoms with Crippen LogP contribution in [-0.2, 0) is 4.74 Å². The third kappa shape index (κ3) is 7.10. The molecule has 0 saturated carbocycles. The van der Waals surface area contributed by atoms with Gasteiger partial charge in [0.15, 0.2) is 0 Å². The molecular weight excluding hydrogens is 262 g/mol. The van der Waals surface area contributed by atoms with Crippen molar-refractivity contribution < 1.29 is 9.53 Å². The Morgan fingerprint density at radius 2 is 1.68 bits per heavy atom. The number of thiocarbonyl (C=S) groups is 1. The Hall–Kier alpha value is -1.17. The smallest absolute Gasteiger partial charge is 0.408 e. The number of hydrogen-bond acceptors (Lipinski definition) is 3. The maximum absolute atomic E-state index is 11.7. The van der Waals surface area contributed by atoms with Gasteiger partial charge < -0.3 is 15.0 Å². The van der Waals surface area contributed by atoms with E-state index in [0.29, 0.717) is 4.99 Å². The summed E-state index contributed by atoms with van der Waals surface area (Å²) >= 11 is 5.26. The van der Waals surface area contributed by atoms with Crippen LogP contribution < -0.4 is 5.32 Å². The topological polar surface area (TPSA) is 53.9 Å². The minimum absolute atomic E-state index is 0.407. The molecule has 0 radical (unpaired) electrons. The summed E-state index contributed by atoms with van der Waals surface area (Å²) in [6.07, 6.45) is -0.502. The van der Waals surface area contributed by atoms with Gasteiger partial charge in [0.1, 0.15) is 16.4 Å². The molecule has 110 valence electrons. The summed E-state index contributed by atoms with van der Waals surface area (Å²) in [5.74, 6) is 0.782. The molecule has 0 unspecified atom stereocenters. The first-order valence-electron chi connectivity index (χ1n) is 6.13. The van der Waals surface area contributed by atoms with Crippen molar-refractivity contribution in [1.82, 2.24) is 10.2 Å². The van der Waals surface area contributed by atoms with Crippen LogP contribution in [0.4, 0.5) is 4.79 Å². The lowest BCUT2D eigenvalue weighted by Crippen LogP contribution is -2.50. The highest BCUT2D eigenvalue weighted by Gasteiger charge is 2.28. The highest BCUT2D eigenvalue weighted by atomic mass is 32.1. The average Bonchev–Trinajstić information content (AvgIpc) is 2.12. The fourth-order valence-corrected chi connectivity index (χ4v) is 1.18. The van der Waals surface area contributed by atoms with Crippen LogP contribution in [0.3, 0.4) is 0 Å². The highest BCUT2D eigenvalue weighted by molar-refractivity contribution is 7.80. The predicted molar refractivity (Wildman–Crippen MR) is 82.8 cm³/mol. The van der Waals surface area contributed by atoms with E-state index in [4.69, 9.17) is 17.0 Å². The van der Waals surface area contributed by atoms with Crippen molar-refractivity contribution in [3.05, 3.63) is 0 Å². The third-order valence-corrected chi connectivity index (χ3v) is 2.86. The van der Waals surface area contributed by atoms with E-state index in [1.807, 2.05) is 46.7 Å². The largest absolute Gasteiger partial charge is 0.444 e. The number of amides is 1. The second-order valence-electron chi connectivity index (χ2n) is 6.11. The van der Waals surface area contributed by atoms with E-state index in [1.54, 1.807) is 13.8 Å². The molecule has 1 amide bonds. The van der Waals surface area contributed by atoms with E-state index in [0.717, 1.165) is 5.84 Å². The van der Waals surface area contributed by atoms with Crippen LogP contribution in [-0.4, -0.2) is 47.1 Å². The molecule has 0 atom stereocenters. The van der Waals surface area contributed by atoms with E-state index in [9.17, 15) is 4.79 Å². The van der Waals surface area contributed by atoms with Crippen molar-refractivity contribution in [2.45, 2.75) is 52.7 Å². The van der Waals surface area contributed by atoms with Crippen LogP contribution in [0.15, 0.2) is 4.99 Å². The number of nitrogens with zero attached hydrogens (tertiary/aromatic N) is 2. The Morgan fingerprint density at radius 3 is 2.05 bits per heavy atom. The number of aliphatic imine (C=N–C) groups is 1. The second kappa shape index (κ2) is 6.32. The molecule has 5 nitrogen and oxygen atoms in total. The number of amidine groups is 1. The molecule has 1 N–H and O–H groups in total. The van der Waals surface area contributed by atoms with Crippen LogP contribution in [0.1, 0.15) is 41.5 Å². The van der Waals surface area contributed by atoms with E-state index in [1.165, 1.54) is 0 Å². The molecule has 0 bridgehead atoms. The summed E-state index contributed by atoms with van der Waals surface area (Å²) in [7, 11) is 3.77. The molecule has 0 aliphatic heterocycles. The zero-order valence-electron chi connectivity index (χ0n) is 13.1. The Labute approximate surface area is 121 Å². The normalized spacial score (nSPS) is 12.9. The van der Waals surface area contributed by atoms with E-state index < -0.39 is 17.2 Å².